The number of nitrogen functional groups attached to an aromatic ring is 1. The largest absolute Gasteiger partial charge is 0.398 e. The summed E-state index contributed by atoms with van der Waals surface area (Å²) in [6.45, 7) is 1.87. The van der Waals surface area contributed by atoms with Gasteiger partial charge in [0.05, 0.1) is 10.7 Å². The van der Waals surface area contributed by atoms with Crippen molar-refractivity contribution in [3.8, 4) is 5.69 Å². The van der Waals surface area contributed by atoms with Crippen molar-refractivity contribution in [1.82, 2.24) is 14.8 Å². The molecule has 0 saturated heterocycles. The number of aromatic nitrogens is 3. The summed E-state index contributed by atoms with van der Waals surface area (Å²) in [7, 11) is 0. The third-order valence-corrected chi connectivity index (χ3v) is 2.31. The topological polar surface area (TPSA) is 56.7 Å². The van der Waals surface area contributed by atoms with Crippen molar-refractivity contribution in [3.63, 3.8) is 0 Å². The van der Waals surface area contributed by atoms with Crippen LogP contribution in [0.25, 0.3) is 5.69 Å². The summed E-state index contributed by atoms with van der Waals surface area (Å²) in [4.78, 5) is 0. The van der Waals surface area contributed by atoms with Crippen LogP contribution in [0.4, 0.5) is 5.69 Å². The maximum absolute atomic E-state index is 5.90. The Balaban J connectivity index is 2.53. The van der Waals surface area contributed by atoms with Gasteiger partial charge in [-0.2, -0.15) is 0 Å². The van der Waals surface area contributed by atoms with Crippen molar-refractivity contribution < 1.29 is 0 Å². The van der Waals surface area contributed by atoms with Crippen molar-refractivity contribution in [1.29, 1.82) is 0 Å². The normalized spacial score (nSPS) is 10.4. The molecule has 2 aromatic rings. The molecular formula is C9H9ClN4. The standard InChI is InChI=1S/C9H9ClN4/c1-6-13-12-5-14(6)7-2-3-9(11)8(10)4-7/h2-5H,11H2,1H3. The zero-order valence-corrected chi connectivity index (χ0v) is 8.36. The molecule has 0 fully saturated rings. The molecule has 2 rings (SSSR count). The highest BCUT2D eigenvalue weighted by molar-refractivity contribution is 6.33. The molecule has 1 aromatic heterocycles. The van der Waals surface area contributed by atoms with E-state index in [1.54, 1.807) is 18.5 Å². The minimum atomic E-state index is 0.538. The minimum Gasteiger partial charge on any atom is -0.398 e. The van der Waals surface area contributed by atoms with Crippen molar-refractivity contribution >= 4 is 17.3 Å². The van der Waals surface area contributed by atoms with Gasteiger partial charge in [-0.15, -0.1) is 10.2 Å². The molecule has 72 valence electrons. The van der Waals surface area contributed by atoms with E-state index in [0.29, 0.717) is 10.7 Å². The number of nitrogens with two attached hydrogens (primary N) is 1. The van der Waals surface area contributed by atoms with Gasteiger partial charge >= 0.3 is 0 Å². The first-order valence-electron chi connectivity index (χ1n) is 4.10. The van der Waals surface area contributed by atoms with E-state index in [2.05, 4.69) is 10.2 Å². The molecule has 2 N–H and O–H groups in total. The number of anilines is 1. The Morgan fingerprint density at radius 1 is 1.43 bits per heavy atom. The Labute approximate surface area is 86.3 Å². The van der Waals surface area contributed by atoms with Crippen LogP contribution in [0.1, 0.15) is 5.82 Å². The highest BCUT2D eigenvalue weighted by Gasteiger charge is 2.03. The molecule has 4 nitrogen and oxygen atoms in total. The number of halogens is 1. The number of nitrogens with zero attached hydrogens (tertiary/aromatic N) is 3. The summed E-state index contributed by atoms with van der Waals surface area (Å²) in [6.07, 6.45) is 1.64. The summed E-state index contributed by atoms with van der Waals surface area (Å²) < 4.78 is 1.84. The average molecular weight is 209 g/mol. The van der Waals surface area contributed by atoms with Gasteiger partial charge in [-0.25, -0.2) is 0 Å². The van der Waals surface area contributed by atoms with Crippen LogP contribution in [-0.2, 0) is 0 Å². The second kappa shape index (κ2) is 3.31. The monoisotopic (exact) mass is 208 g/mol. The molecule has 0 radical (unpaired) electrons. The SMILES string of the molecule is Cc1nncn1-c1ccc(N)c(Cl)c1. The van der Waals surface area contributed by atoms with E-state index in [9.17, 15) is 0 Å². The van der Waals surface area contributed by atoms with Gasteiger partial charge in [-0.1, -0.05) is 11.6 Å². The second-order valence-corrected chi connectivity index (χ2v) is 3.36. The van der Waals surface area contributed by atoms with E-state index in [0.717, 1.165) is 11.5 Å². The number of rotatable bonds is 1. The molecule has 1 heterocycles. The van der Waals surface area contributed by atoms with Crippen LogP contribution >= 0.6 is 11.6 Å². The molecule has 14 heavy (non-hydrogen) atoms. The van der Waals surface area contributed by atoms with Gasteiger partial charge in [0.1, 0.15) is 12.2 Å². The second-order valence-electron chi connectivity index (χ2n) is 2.95. The maximum Gasteiger partial charge on any atom is 0.134 e. The van der Waals surface area contributed by atoms with Gasteiger partial charge in [0, 0.05) is 5.69 Å². The van der Waals surface area contributed by atoms with Crippen molar-refractivity contribution in [3.05, 3.63) is 35.4 Å². The van der Waals surface area contributed by atoms with E-state index in [1.165, 1.54) is 0 Å². The van der Waals surface area contributed by atoms with E-state index in [1.807, 2.05) is 17.6 Å². The lowest BCUT2D eigenvalue weighted by atomic mass is 10.3. The number of hydrogen-bond donors (Lipinski definition) is 1. The third kappa shape index (κ3) is 1.44. The molecule has 0 amide bonds. The van der Waals surface area contributed by atoms with E-state index >= 15 is 0 Å². The van der Waals surface area contributed by atoms with Gasteiger partial charge in [0.2, 0.25) is 0 Å². The van der Waals surface area contributed by atoms with Crippen LogP contribution in [0.15, 0.2) is 24.5 Å². The van der Waals surface area contributed by atoms with Crippen LogP contribution < -0.4 is 5.73 Å². The number of hydrogen-bond acceptors (Lipinski definition) is 3. The molecule has 0 bridgehead atoms. The predicted octanol–water partition coefficient (Wildman–Crippen LogP) is 1.81. The maximum atomic E-state index is 5.90. The molecule has 0 aliphatic heterocycles. The molecule has 0 saturated carbocycles. The van der Waals surface area contributed by atoms with Gasteiger partial charge in [-0.05, 0) is 25.1 Å². The van der Waals surface area contributed by atoms with Gasteiger partial charge in [-0.3, -0.25) is 4.57 Å². The zero-order chi connectivity index (χ0) is 10.1. The molecule has 0 aliphatic carbocycles. The quantitative estimate of drug-likeness (QED) is 0.728. The fourth-order valence-electron chi connectivity index (χ4n) is 1.21. The highest BCUT2D eigenvalue weighted by Crippen LogP contribution is 2.22. The zero-order valence-electron chi connectivity index (χ0n) is 7.61. The fraction of sp³-hybridized carbons (Fsp3) is 0.111. The van der Waals surface area contributed by atoms with Crippen LogP contribution in [0.5, 0.6) is 0 Å². The molecule has 0 spiro atoms. The lowest BCUT2D eigenvalue weighted by molar-refractivity contribution is 0.970. The van der Waals surface area contributed by atoms with Crippen molar-refractivity contribution in [2.45, 2.75) is 6.92 Å². The van der Waals surface area contributed by atoms with Gasteiger partial charge < -0.3 is 5.73 Å². The lowest BCUT2D eigenvalue weighted by Crippen LogP contribution is -1.96. The van der Waals surface area contributed by atoms with E-state index < -0.39 is 0 Å². The van der Waals surface area contributed by atoms with Crippen LogP contribution in [0.2, 0.25) is 5.02 Å². The Bertz CT molecular complexity index is 464. The first-order valence-corrected chi connectivity index (χ1v) is 4.48. The smallest absolute Gasteiger partial charge is 0.134 e. The molecule has 0 unspecified atom stereocenters. The summed E-state index contributed by atoms with van der Waals surface area (Å²) in [5.74, 6) is 0.811. The first kappa shape index (κ1) is 9.02. The van der Waals surface area contributed by atoms with Crippen molar-refractivity contribution in [2.24, 2.45) is 0 Å². The Morgan fingerprint density at radius 3 is 2.79 bits per heavy atom. The van der Waals surface area contributed by atoms with Crippen LogP contribution in [0, 0.1) is 6.92 Å². The molecule has 0 atom stereocenters. The fourth-order valence-corrected chi connectivity index (χ4v) is 1.39. The number of aryl methyl sites for hydroxylation is 1. The summed E-state index contributed by atoms with van der Waals surface area (Å²) >= 11 is 5.90. The Kier molecular flexibility index (Phi) is 2.13. The lowest BCUT2D eigenvalue weighted by Gasteiger charge is -2.05. The molecule has 5 heteroatoms. The summed E-state index contributed by atoms with van der Waals surface area (Å²) in [5, 5.41) is 8.21. The minimum absolute atomic E-state index is 0.538. The molecule has 0 aliphatic rings. The predicted molar refractivity (Wildman–Crippen MR) is 55.5 cm³/mol. The number of benzene rings is 1. The van der Waals surface area contributed by atoms with E-state index in [4.69, 9.17) is 17.3 Å². The van der Waals surface area contributed by atoms with Crippen LogP contribution in [-0.4, -0.2) is 14.8 Å². The Morgan fingerprint density at radius 2 is 2.21 bits per heavy atom. The average Bonchev–Trinajstić information content (AvgIpc) is 2.57. The first-order chi connectivity index (χ1) is 6.68. The summed E-state index contributed by atoms with van der Waals surface area (Å²) in [6, 6.07) is 5.42. The summed E-state index contributed by atoms with van der Waals surface area (Å²) in [5.41, 5.74) is 7.09. The van der Waals surface area contributed by atoms with Gasteiger partial charge in [0.15, 0.2) is 0 Å². The van der Waals surface area contributed by atoms with E-state index in [-0.39, 0.29) is 0 Å². The van der Waals surface area contributed by atoms with Gasteiger partial charge in [0.25, 0.3) is 0 Å². The van der Waals surface area contributed by atoms with Crippen LogP contribution in [0.3, 0.4) is 0 Å². The third-order valence-electron chi connectivity index (χ3n) is 1.98. The highest BCUT2D eigenvalue weighted by atomic mass is 35.5. The molecular weight excluding hydrogens is 200 g/mol. The van der Waals surface area contributed by atoms with Crippen molar-refractivity contribution in [2.75, 3.05) is 5.73 Å². The Hall–Kier alpha value is -1.55. The molecule has 1 aromatic carbocycles.